The highest BCUT2D eigenvalue weighted by molar-refractivity contribution is 5.94. The number of nitrogens with one attached hydrogen (secondary N) is 1. The quantitative estimate of drug-likeness (QED) is 0.523. The van der Waals surface area contributed by atoms with E-state index in [4.69, 9.17) is 4.74 Å². The first-order chi connectivity index (χ1) is 13.0. The minimum absolute atomic E-state index is 0.153. The van der Waals surface area contributed by atoms with Gasteiger partial charge in [-0.1, -0.05) is 36.4 Å². The Balaban J connectivity index is 1.79. The first-order valence-electron chi connectivity index (χ1n) is 8.69. The molecule has 0 saturated carbocycles. The van der Waals surface area contributed by atoms with Gasteiger partial charge in [-0.25, -0.2) is 0 Å². The van der Waals surface area contributed by atoms with E-state index in [1.165, 1.54) is 0 Å². The van der Waals surface area contributed by atoms with Crippen molar-refractivity contribution in [3.8, 4) is 11.1 Å². The van der Waals surface area contributed by atoms with E-state index in [-0.39, 0.29) is 5.91 Å². The predicted octanol–water partition coefficient (Wildman–Crippen LogP) is 0.228. The molecule has 1 aliphatic heterocycles. The second kappa shape index (κ2) is 8.16. The molecule has 2 aromatic rings. The van der Waals surface area contributed by atoms with E-state index in [1.807, 2.05) is 24.3 Å². The molecule has 7 nitrogen and oxygen atoms in total. The van der Waals surface area contributed by atoms with Crippen LogP contribution < -0.4 is 5.32 Å². The summed E-state index contributed by atoms with van der Waals surface area (Å²) in [7, 11) is 1.58. The molecule has 0 aromatic heterocycles. The number of rotatable bonds is 4. The fourth-order valence-corrected chi connectivity index (χ4v) is 3.20. The number of carbonyl (C=O) groups excluding carboxylic acids is 1. The first-order valence-corrected chi connectivity index (χ1v) is 8.69. The number of ether oxygens (including phenoxy) is 1. The summed E-state index contributed by atoms with van der Waals surface area (Å²) in [6, 6.07) is 14.3. The normalized spacial score (nSPS) is 28.0. The van der Waals surface area contributed by atoms with Gasteiger partial charge in [0, 0.05) is 12.6 Å². The van der Waals surface area contributed by atoms with Crippen LogP contribution in [0.2, 0.25) is 0 Å². The summed E-state index contributed by atoms with van der Waals surface area (Å²) in [6.45, 7) is -0.461. The summed E-state index contributed by atoms with van der Waals surface area (Å²) in [6.07, 6.45) is -5.88. The second-order valence-corrected chi connectivity index (χ2v) is 6.53. The summed E-state index contributed by atoms with van der Waals surface area (Å²) in [5.41, 5.74) is 3.02. The van der Waals surface area contributed by atoms with Crippen LogP contribution in [0, 0.1) is 0 Å². The number of hydrogen-bond acceptors (Lipinski definition) is 6. The molecule has 1 aliphatic rings. The third-order valence-electron chi connectivity index (χ3n) is 4.84. The minimum Gasteiger partial charge on any atom is -0.394 e. The zero-order valence-electron chi connectivity index (χ0n) is 14.8. The Labute approximate surface area is 156 Å². The molecule has 5 atom stereocenters. The van der Waals surface area contributed by atoms with Crippen LogP contribution in [-0.2, 0) is 4.74 Å². The molecular formula is C20H23NO6. The number of benzene rings is 2. The number of aliphatic hydroxyl groups excluding tert-OH is 4. The highest BCUT2D eigenvalue weighted by atomic mass is 16.5. The van der Waals surface area contributed by atoms with E-state index in [2.05, 4.69) is 5.32 Å². The van der Waals surface area contributed by atoms with Crippen molar-refractivity contribution in [1.82, 2.24) is 5.32 Å². The lowest BCUT2D eigenvalue weighted by Gasteiger charge is -2.40. The van der Waals surface area contributed by atoms with Crippen LogP contribution >= 0.6 is 0 Å². The van der Waals surface area contributed by atoms with Crippen molar-refractivity contribution < 1.29 is 30.0 Å². The Morgan fingerprint density at radius 3 is 2.00 bits per heavy atom. The molecule has 1 fully saturated rings. The summed E-state index contributed by atoms with van der Waals surface area (Å²) in [4.78, 5) is 11.6. The first kappa shape index (κ1) is 19.5. The maximum atomic E-state index is 11.6. The van der Waals surface area contributed by atoms with Gasteiger partial charge in [0.15, 0.2) is 0 Å². The van der Waals surface area contributed by atoms with E-state index < -0.39 is 37.1 Å². The van der Waals surface area contributed by atoms with Crippen LogP contribution in [0.4, 0.5) is 0 Å². The zero-order chi connectivity index (χ0) is 19.6. The Bertz CT molecular complexity index is 774. The van der Waals surface area contributed by atoms with Crippen molar-refractivity contribution >= 4 is 5.91 Å². The van der Waals surface area contributed by atoms with Crippen LogP contribution in [0.25, 0.3) is 11.1 Å². The van der Waals surface area contributed by atoms with Gasteiger partial charge in [0.2, 0.25) is 0 Å². The van der Waals surface area contributed by atoms with Crippen LogP contribution in [-0.4, -0.2) is 64.4 Å². The molecular weight excluding hydrogens is 350 g/mol. The summed E-state index contributed by atoms with van der Waals surface area (Å²) in [5.74, 6) is -0.153. The monoisotopic (exact) mass is 373 g/mol. The molecule has 0 radical (unpaired) electrons. The van der Waals surface area contributed by atoms with Gasteiger partial charge in [-0.05, 0) is 28.8 Å². The second-order valence-electron chi connectivity index (χ2n) is 6.53. The number of amides is 1. The maximum absolute atomic E-state index is 11.6. The standard InChI is InChI=1S/C20H23NO6/c1-21-20(26)14-8-4-12(5-9-14)11-2-6-13(7-3-11)19-18(25)17(24)16(23)15(10-22)27-19/h2-9,15-19,22-25H,10H2,1H3,(H,21,26). The van der Waals surface area contributed by atoms with Crippen molar-refractivity contribution in [2.24, 2.45) is 0 Å². The van der Waals surface area contributed by atoms with Gasteiger partial charge in [0.25, 0.3) is 5.91 Å². The SMILES string of the molecule is CNC(=O)c1ccc(-c2ccc(C3OC(CO)C(O)C(O)C3O)cc2)cc1. The zero-order valence-corrected chi connectivity index (χ0v) is 14.8. The summed E-state index contributed by atoms with van der Waals surface area (Å²) < 4.78 is 5.56. The predicted molar refractivity (Wildman–Crippen MR) is 98.0 cm³/mol. The van der Waals surface area contributed by atoms with E-state index in [0.29, 0.717) is 11.1 Å². The summed E-state index contributed by atoms with van der Waals surface area (Å²) >= 11 is 0. The Kier molecular flexibility index (Phi) is 5.88. The maximum Gasteiger partial charge on any atom is 0.251 e. The molecule has 1 amide bonds. The topological polar surface area (TPSA) is 119 Å². The molecule has 7 heteroatoms. The molecule has 5 unspecified atom stereocenters. The lowest BCUT2D eigenvalue weighted by atomic mass is 9.90. The Hall–Kier alpha value is -2.29. The number of carbonyl (C=O) groups is 1. The van der Waals surface area contributed by atoms with Gasteiger partial charge >= 0.3 is 0 Å². The number of hydrogen-bond donors (Lipinski definition) is 5. The Morgan fingerprint density at radius 2 is 1.48 bits per heavy atom. The van der Waals surface area contributed by atoms with E-state index in [1.54, 1.807) is 31.3 Å². The Morgan fingerprint density at radius 1 is 0.926 bits per heavy atom. The van der Waals surface area contributed by atoms with Crippen LogP contribution in [0.15, 0.2) is 48.5 Å². The average Bonchev–Trinajstić information content (AvgIpc) is 2.72. The molecule has 2 aromatic carbocycles. The highest BCUT2D eigenvalue weighted by Gasteiger charge is 2.43. The van der Waals surface area contributed by atoms with Crippen LogP contribution in [0.1, 0.15) is 22.0 Å². The molecule has 3 rings (SSSR count). The van der Waals surface area contributed by atoms with Crippen molar-refractivity contribution in [3.05, 3.63) is 59.7 Å². The van der Waals surface area contributed by atoms with E-state index >= 15 is 0 Å². The molecule has 1 heterocycles. The van der Waals surface area contributed by atoms with Crippen molar-refractivity contribution in [2.45, 2.75) is 30.5 Å². The lowest BCUT2D eigenvalue weighted by Crippen LogP contribution is -2.55. The van der Waals surface area contributed by atoms with E-state index in [9.17, 15) is 25.2 Å². The molecule has 0 aliphatic carbocycles. The molecule has 27 heavy (non-hydrogen) atoms. The van der Waals surface area contributed by atoms with E-state index in [0.717, 1.165) is 11.1 Å². The van der Waals surface area contributed by atoms with Gasteiger partial charge in [-0.3, -0.25) is 4.79 Å². The third kappa shape index (κ3) is 3.87. The molecule has 0 spiro atoms. The van der Waals surface area contributed by atoms with Crippen molar-refractivity contribution in [2.75, 3.05) is 13.7 Å². The van der Waals surface area contributed by atoms with Gasteiger partial charge in [0.05, 0.1) is 6.61 Å². The van der Waals surface area contributed by atoms with Crippen LogP contribution in [0.5, 0.6) is 0 Å². The van der Waals surface area contributed by atoms with Crippen molar-refractivity contribution in [1.29, 1.82) is 0 Å². The van der Waals surface area contributed by atoms with Gasteiger partial charge < -0.3 is 30.5 Å². The smallest absolute Gasteiger partial charge is 0.251 e. The van der Waals surface area contributed by atoms with Crippen molar-refractivity contribution in [3.63, 3.8) is 0 Å². The van der Waals surface area contributed by atoms with Crippen LogP contribution in [0.3, 0.4) is 0 Å². The molecule has 1 saturated heterocycles. The fourth-order valence-electron chi connectivity index (χ4n) is 3.20. The highest BCUT2D eigenvalue weighted by Crippen LogP contribution is 2.33. The van der Waals surface area contributed by atoms with Gasteiger partial charge in [-0.2, -0.15) is 0 Å². The number of aliphatic hydroxyl groups is 4. The average molecular weight is 373 g/mol. The fraction of sp³-hybridized carbons (Fsp3) is 0.350. The molecule has 5 N–H and O–H groups in total. The summed E-state index contributed by atoms with van der Waals surface area (Å²) in [5, 5.41) is 41.9. The van der Waals surface area contributed by atoms with Gasteiger partial charge in [0.1, 0.15) is 30.5 Å². The minimum atomic E-state index is -1.40. The largest absolute Gasteiger partial charge is 0.394 e. The molecule has 144 valence electrons. The molecule has 0 bridgehead atoms. The lowest BCUT2D eigenvalue weighted by molar-refractivity contribution is -0.231. The van der Waals surface area contributed by atoms with Gasteiger partial charge in [-0.15, -0.1) is 0 Å². The third-order valence-corrected chi connectivity index (χ3v) is 4.84.